The second-order valence-corrected chi connectivity index (χ2v) is 4.07. The minimum atomic E-state index is 0.0590. The number of carbonyl (C=O) groups excluding carboxylic acids is 1. The predicted molar refractivity (Wildman–Crippen MR) is 55.9 cm³/mol. The first-order valence-corrected chi connectivity index (χ1v) is 5.21. The topological polar surface area (TPSA) is 30.2 Å². The van der Waals surface area contributed by atoms with E-state index in [1.54, 1.807) is 19.3 Å². The molecule has 0 fully saturated rings. The van der Waals surface area contributed by atoms with Gasteiger partial charge in [-0.1, -0.05) is 0 Å². The molecule has 72 valence electrons. The van der Waals surface area contributed by atoms with E-state index in [1.807, 2.05) is 18.4 Å². The van der Waals surface area contributed by atoms with Crippen molar-refractivity contribution in [2.45, 2.75) is 13.8 Å². The summed E-state index contributed by atoms with van der Waals surface area (Å²) < 4.78 is 5.11. The van der Waals surface area contributed by atoms with E-state index in [0.717, 1.165) is 10.4 Å². The summed E-state index contributed by atoms with van der Waals surface area (Å²) in [6, 6.07) is 3.67. The standard InChI is InChI=1S/C11H10O2S/c1-7-4-6-14-11(7)10(12)9-3-5-13-8(9)2/h3-6H,1-2H3. The maximum absolute atomic E-state index is 12.0. The molecule has 0 atom stereocenters. The molecular weight excluding hydrogens is 196 g/mol. The first kappa shape index (κ1) is 9.21. The monoisotopic (exact) mass is 206 g/mol. The van der Waals surface area contributed by atoms with Crippen LogP contribution in [0, 0.1) is 13.8 Å². The normalized spacial score (nSPS) is 10.4. The average Bonchev–Trinajstić information content (AvgIpc) is 2.73. The summed E-state index contributed by atoms with van der Waals surface area (Å²) in [6.45, 7) is 3.75. The van der Waals surface area contributed by atoms with Gasteiger partial charge >= 0.3 is 0 Å². The van der Waals surface area contributed by atoms with Crippen LogP contribution < -0.4 is 0 Å². The van der Waals surface area contributed by atoms with Gasteiger partial charge in [0.15, 0.2) is 0 Å². The lowest BCUT2D eigenvalue weighted by molar-refractivity contribution is 0.104. The summed E-state index contributed by atoms with van der Waals surface area (Å²) >= 11 is 1.47. The number of hydrogen-bond acceptors (Lipinski definition) is 3. The Morgan fingerprint density at radius 3 is 2.64 bits per heavy atom. The first-order valence-electron chi connectivity index (χ1n) is 4.33. The van der Waals surface area contributed by atoms with Crippen LogP contribution in [0.15, 0.2) is 28.2 Å². The van der Waals surface area contributed by atoms with Crippen LogP contribution in [-0.2, 0) is 0 Å². The quantitative estimate of drug-likeness (QED) is 0.706. The highest BCUT2D eigenvalue weighted by Gasteiger charge is 2.16. The Kier molecular flexibility index (Phi) is 2.25. The number of hydrogen-bond donors (Lipinski definition) is 0. The first-order chi connectivity index (χ1) is 6.70. The molecule has 0 saturated heterocycles. The van der Waals surface area contributed by atoms with Gasteiger partial charge in [-0.25, -0.2) is 0 Å². The van der Waals surface area contributed by atoms with Crippen LogP contribution in [0.2, 0.25) is 0 Å². The van der Waals surface area contributed by atoms with E-state index >= 15 is 0 Å². The van der Waals surface area contributed by atoms with Gasteiger partial charge in [-0.15, -0.1) is 11.3 Å². The van der Waals surface area contributed by atoms with E-state index in [-0.39, 0.29) is 5.78 Å². The number of thiophene rings is 1. The molecule has 3 heteroatoms. The lowest BCUT2D eigenvalue weighted by Gasteiger charge is -1.96. The van der Waals surface area contributed by atoms with Crippen LogP contribution in [-0.4, -0.2) is 5.78 Å². The maximum atomic E-state index is 12.0. The van der Waals surface area contributed by atoms with Gasteiger partial charge in [-0.2, -0.15) is 0 Å². The van der Waals surface area contributed by atoms with Crippen molar-refractivity contribution in [3.63, 3.8) is 0 Å². The molecule has 2 rings (SSSR count). The van der Waals surface area contributed by atoms with Crippen molar-refractivity contribution in [1.82, 2.24) is 0 Å². The molecule has 0 bridgehead atoms. The Morgan fingerprint density at radius 1 is 1.36 bits per heavy atom. The molecule has 0 aliphatic heterocycles. The summed E-state index contributed by atoms with van der Waals surface area (Å²) in [5.41, 5.74) is 1.69. The zero-order chi connectivity index (χ0) is 10.1. The van der Waals surface area contributed by atoms with Crippen LogP contribution in [0.3, 0.4) is 0 Å². The van der Waals surface area contributed by atoms with Crippen LogP contribution in [0.5, 0.6) is 0 Å². The molecule has 2 aromatic heterocycles. The van der Waals surface area contributed by atoms with Crippen molar-refractivity contribution in [1.29, 1.82) is 0 Å². The van der Waals surface area contributed by atoms with Crippen LogP contribution in [0.25, 0.3) is 0 Å². The summed E-state index contributed by atoms with van der Waals surface area (Å²) in [4.78, 5) is 12.8. The minimum Gasteiger partial charge on any atom is -0.469 e. The second kappa shape index (κ2) is 3.42. The molecule has 0 aliphatic carbocycles. The predicted octanol–water partition coefficient (Wildman–Crippen LogP) is 3.19. The minimum absolute atomic E-state index is 0.0590. The molecule has 0 unspecified atom stereocenters. The van der Waals surface area contributed by atoms with Gasteiger partial charge in [-0.05, 0) is 36.9 Å². The van der Waals surface area contributed by atoms with Crippen LogP contribution in [0.4, 0.5) is 0 Å². The second-order valence-electron chi connectivity index (χ2n) is 3.15. The number of ketones is 1. The summed E-state index contributed by atoms with van der Waals surface area (Å²) in [6.07, 6.45) is 1.55. The summed E-state index contributed by atoms with van der Waals surface area (Å²) in [5.74, 6) is 0.742. The van der Waals surface area contributed by atoms with E-state index in [0.29, 0.717) is 11.3 Å². The van der Waals surface area contributed by atoms with Gasteiger partial charge < -0.3 is 4.42 Å². The lowest BCUT2D eigenvalue weighted by Crippen LogP contribution is -2.00. The Labute approximate surface area is 86.2 Å². The molecule has 0 N–H and O–H groups in total. The molecule has 0 saturated carbocycles. The van der Waals surface area contributed by atoms with Gasteiger partial charge in [0.25, 0.3) is 0 Å². The molecule has 0 aromatic carbocycles. The summed E-state index contributed by atoms with van der Waals surface area (Å²) in [5, 5.41) is 1.93. The third-order valence-electron chi connectivity index (χ3n) is 2.17. The molecule has 14 heavy (non-hydrogen) atoms. The Balaban J connectivity index is 2.44. The van der Waals surface area contributed by atoms with E-state index in [1.165, 1.54) is 11.3 Å². The van der Waals surface area contributed by atoms with Crippen molar-refractivity contribution in [2.24, 2.45) is 0 Å². The van der Waals surface area contributed by atoms with E-state index in [9.17, 15) is 4.79 Å². The molecule has 0 radical (unpaired) electrons. The van der Waals surface area contributed by atoms with Crippen LogP contribution in [0.1, 0.15) is 26.6 Å². The highest BCUT2D eigenvalue weighted by molar-refractivity contribution is 7.12. The largest absolute Gasteiger partial charge is 0.469 e. The Bertz CT molecular complexity index is 423. The van der Waals surface area contributed by atoms with Crippen molar-refractivity contribution in [2.75, 3.05) is 0 Å². The highest BCUT2D eigenvalue weighted by Crippen LogP contribution is 2.21. The van der Waals surface area contributed by atoms with Crippen LogP contribution >= 0.6 is 11.3 Å². The van der Waals surface area contributed by atoms with Gasteiger partial charge in [-0.3, -0.25) is 4.79 Å². The van der Waals surface area contributed by atoms with Gasteiger partial charge in [0.1, 0.15) is 5.76 Å². The number of rotatable bonds is 2. The molecule has 2 aromatic rings. The fourth-order valence-corrected chi connectivity index (χ4v) is 2.23. The highest BCUT2D eigenvalue weighted by atomic mass is 32.1. The van der Waals surface area contributed by atoms with Crippen molar-refractivity contribution in [3.05, 3.63) is 45.5 Å². The Morgan fingerprint density at radius 2 is 2.14 bits per heavy atom. The van der Waals surface area contributed by atoms with E-state index in [2.05, 4.69) is 0 Å². The Hall–Kier alpha value is -1.35. The summed E-state index contributed by atoms with van der Waals surface area (Å²) in [7, 11) is 0. The SMILES string of the molecule is Cc1ccsc1C(=O)c1ccoc1C. The number of furan rings is 1. The van der Waals surface area contributed by atoms with Gasteiger partial charge in [0, 0.05) is 0 Å². The van der Waals surface area contributed by atoms with E-state index < -0.39 is 0 Å². The third-order valence-corrected chi connectivity index (χ3v) is 3.19. The smallest absolute Gasteiger partial charge is 0.206 e. The van der Waals surface area contributed by atoms with E-state index in [4.69, 9.17) is 4.42 Å². The van der Waals surface area contributed by atoms with Gasteiger partial charge in [0.05, 0.1) is 16.7 Å². The zero-order valence-electron chi connectivity index (χ0n) is 8.03. The van der Waals surface area contributed by atoms with Crippen molar-refractivity contribution >= 4 is 17.1 Å². The zero-order valence-corrected chi connectivity index (χ0v) is 8.85. The maximum Gasteiger partial charge on any atom is 0.206 e. The fourth-order valence-electron chi connectivity index (χ4n) is 1.35. The molecule has 0 spiro atoms. The van der Waals surface area contributed by atoms with Crippen molar-refractivity contribution in [3.8, 4) is 0 Å². The molecule has 2 heterocycles. The van der Waals surface area contributed by atoms with Crippen molar-refractivity contribution < 1.29 is 9.21 Å². The molecule has 0 amide bonds. The number of aryl methyl sites for hydroxylation is 2. The molecular formula is C11H10O2S. The average molecular weight is 206 g/mol. The molecule has 0 aliphatic rings. The lowest BCUT2D eigenvalue weighted by atomic mass is 10.1. The fraction of sp³-hybridized carbons (Fsp3) is 0.182. The third kappa shape index (κ3) is 1.40. The molecule has 2 nitrogen and oxygen atoms in total. The number of carbonyl (C=O) groups is 1. The van der Waals surface area contributed by atoms with Gasteiger partial charge in [0.2, 0.25) is 5.78 Å².